The van der Waals surface area contributed by atoms with Gasteiger partial charge in [0.05, 0.1) is 0 Å². The molecule has 0 aromatic heterocycles. The van der Waals surface area contributed by atoms with Gasteiger partial charge in [-0.15, -0.1) is 5.92 Å². The molecule has 42 valence electrons. The van der Waals surface area contributed by atoms with Crippen molar-refractivity contribution in [2.75, 3.05) is 0 Å². The first-order valence-electron chi connectivity index (χ1n) is 2.76. The Morgan fingerprint density at radius 3 is 2.88 bits per heavy atom. The molecule has 0 aromatic rings. The van der Waals surface area contributed by atoms with Gasteiger partial charge >= 0.3 is 0 Å². The van der Waals surface area contributed by atoms with E-state index in [0.717, 1.165) is 12.7 Å². The molecule has 0 amide bonds. The molecule has 1 rings (SSSR count). The second-order valence-corrected chi connectivity index (χ2v) is 2.04. The summed E-state index contributed by atoms with van der Waals surface area (Å²) in [5, 5.41) is 0. The summed E-state index contributed by atoms with van der Waals surface area (Å²) in [4.78, 5) is 9.98. The van der Waals surface area contributed by atoms with E-state index in [1.807, 2.05) is 0 Å². The molecule has 1 aliphatic carbocycles. The topological polar surface area (TPSA) is 17.1 Å². The Labute approximate surface area is 49.1 Å². The summed E-state index contributed by atoms with van der Waals surface area (Å²) in [7, 11) is 0. The van der Waals surface area contributed by atoms with Crippen molar-refractivity contribution in [3.8, 4) is 11.8 Å². The Kier molecular flexibility index (Phi) is 1.34. The Hall–Kier alpha value is -0.770. The van der Waals surface area contributed by atoms with E-state index in [2.05, 4.69) is 11.8 Å². The van der Waals surface area contributed by atoms with Crippen molar-refractivity contribution in [1.82, 2.24) is 0 Å². The summed E-state index contributed by atoms with van der Waals surface area (Å²) in [6, 6.07) is 0. The van der Waals surface area contributed by atoms with E-state index in [0.29, 0.717) is 5.92 Å². The Balaban J connectivity index is 2.33. The average Bonchev–Trinajstić information content (AvgIpc) is 2.48. The van der Waals surface area contributed by atoms with Crippen molar-refractivity contribution in [2.45, 2.75) is 13.3 Å². The second-order valence-electron chi connectivity index (χ2n) is 2.04. The molecule has 0 bridgehead atoms. The van der Waals surface area contributed by atoms with Gasteiger partial charge in [-0.1, -0.05) is 5.92 Å². The fraction of sp³-hybridized carbons (Fsp3) is 0.571. The number of aldehydes is 1. The van der Waals surface area contributed by atoms with Gasteiger partial charge in [-0.05, 0) is 13.3 Å². The molecule has 0 unspecified atom stereocenters. The van der Waals surface area contributed by atoms with Crippen LogP contribution in [0.2, 0.25) is 0 Å². The molecule has 1 heteroatoms. The molecule has 2 atom stereocenters. The highest BCUT2D eigenvalue weighted by Gasteiger charge is 2.34. The molecular formula is C7H8O. The highest BCUT2D eigenvalue weighted by atomic mass is 16.1. The number of hydrogen-bond acceptors (Lipinski definition) is 1. The maximum Gasteiger partial charge on any atom is 0.124 e. The largest absolute Gasteiger partial charge is 0.303 e. The molecule has 0 aromatic carbocycles. The van der Waals surface area contributed by atoms with Gasteiger partial charge in [0, 0.05) is 11.8 Å². The fourth-order valence-electron chi connectivity index (χ4n) is 0.716. The first-order valence-corrected chi connectivity index (χ1v) is 2.76. The van der Waals surface area contributed by atoms with Crippen LogP contribution in [-0.4, -0.2) is 6.29 Å². The normalized spacial score (nSPS) is 32.6. The molecule has 0 heterocycles. The van der Waals surface area contributed by atoms with Gasteiger partial charge in [0.2, 0.25) is 0 Å². The molecule has 0 spiro atoms. The summed E-state index contributed by atoms with van der Waals surface area (Å²) < 4.78 is 0. The highest BCUT2D eigenvalue weighted by molar-refractivity contribution is 5.59. The van der Waals surface area contributed by atoms with Gasteiger partial charge in [-0.3, -0.25) is 0 Å². The van der Waals surface area contributed by atoms with E-state index in [1.165, 1.54) is 0 Å². The van der Waals surface area contributed by atoms with E-state index in [9.17, 15) is 4.79 Å². The van der Waals surface area contributed by atoms with Crippen LogP contribution in [0.3, 0.4) is 0 Å². The van der Waals surface area contributed by atoms with Crippen LogP contribution in [0.5, 0.6) is 0 Å². The van der Waals surface area contributed by atoms with Crippen molar-refractivity contribution in [2.24, 2.45) is 11.8 Å². The first-order chi connectivity index (χ1) is 3.88. The molecule has 1 aliphatic rings. The Morgan fingerprint density at radius 1 is 1.75 bits per heavy atom. The van der Waals surface area contributed by atoms with Crippen molar-refractivity contribution < 1.29 is 4.79 Å². The molecule has 1 fully saturated rings. The molecule has 0 N–H and O–H groups in total. The lowest BCUT2D eigenvalue weighted by Gasteiger charge is -1.70. The van der Waals surface area contributed by atoms with Crippen LogP contribution in [0, 0.1) is 23.7 Å². The van der Waals surface area contributed by atoms with Gasteiger partial charge in [-0.2, -0.15) is 0 Å². The number of hydrogen-bond donors (Lipinski definition) is 0. The van der Waals surface area contributed by atoms with Crippen LogP contribution in [-0.2, 0) is 4.79 Å². The smallest absolute Gasteiger partial charge is 0.124 e. The average molecular weight is 108 g/mol. The van der Waals surface area contributed by atoms with E-state index in [4.69, 9.17) is 0 Å². The standard InChI is InChI=1S/C7H8O/c1-2-3-6-4-7(6)5-8/h5-7H,4H2,1H3/t6-,7-/m1/s1. The lowest BCUT2D eigenvalue weighted by Crippen LogP contribution is -1.77. The maximum atomic E-state index is 9.98. The van der Waals surface area contributed by atoms with Gasteiger partial charge in [-0.25, -0.2) is 0 Å². The van der Waals surface area contributed by atoms with Crippen LogP contribution in [0.15, 0.2) is 0 Å². The van der Waals surface area contributed by atoms with Crippen molar-refractivity contribution in [1.29, 1.82) is 0 Å². The molecule has 0 saturated heterocycles. The van der Waals surface area contributed by atoms with Gasteiger partial charge in [0.1, 0.15) is 6.29 Å². The Bertz CT molecular complexity index is 150. The van der Waals surface area contributed by atoms with Crippen LogP contribution in [0.1, 0.15) is 13.3 Å². The summed E-state index contributed by atoms with van der Waals surface area (Å²) in [6.45, 7) is 1.81. The number of carbonyl (C=O) groups is 1. The van der Waals surface area contributed by atoms with Crippen LogP contribution >= 0.6 is 0 Å². The highest BCUT2D eigenvalue weighted by Crippen LogP contribution is 2.35. The van der Waals surface area contributed by atoms with E-state index >= 15 is 0 Å². The molecule has 0 radical (unpaired) electrons. The SMILES string of the molecule is CC#C[C@@H]1C[C@@H]1C=O. The zero-order valence-electron chi connectivity index (χ0n) is 4.85. The molecule has 8 heavy (non-hydrogen) atoms. The summed E-state index contributed by atoms with van der Waals surface area (Å²) in [6.07, 6.45) is 1.99. The van der Waals surface area contributed by atoms with Crippen LogP contribution < -0.4 is 0 Å². The van der Waals surface area contributed by atoms with E-state index in [1.54, 1.807) is 6.92 Å². The lowest BCUT2D eigenvalue weighted by molar-refractivity contribution is -0.108. The molecule has 0 aliphatic heterocycles. The quantitative estimate of drug-likeness (QED) is 0.359. The van der Waals surface area contributed by atoms with Crippen LogP contribution in [0.25, 0.3) is 0 Å². The summed E-state index contributed by atoms with van der Waals surface area (Å²) >= 11 is 0. The Morgan fingerprint density at radius 2 is 2.50 bits per heavy atom. The first kappa shape index (κ1) is 5.37. The number of rotatable bonds is 1. The third kappa shape index (κ3) is 0.894. The number of carbonyl (C=O) groups excluding carboxylic acids is 1. The summed E-state index contributed by atoms with van der Waals surface area (Å²) in [5.74, 6) is 6.39. The van der Waals surface area contributed by atoms with Crippen molar-refractivity contribution in [3.63, 3.8) is 0 Å². The van der Waals surface area contributed by atoms with Gasteiger partial charge < -0.3 is 4.79 Å². The fourth-order valence-corrected chi connectivity index (χ4v) is 0.716. The van der Waals surface area contributed by atoms with Crippen molar-refractivity contribution >= 4 is 6.29 Å². The van der Waals surface area contributed by atoms with Gasteiger partial charge in [0.15, 0.2) is 0 Å². The van der Waals surface area contributed by atoms with E-state index in [-0.39, 0.29) is 5.92 Å². The third-order valence-corrected chi connectivity index (χ3v) is 1.34. The predicted molar refractivity (Wildman–Crippen MR) is 31.1 cm³/mol. The monoisotopic (exact) mass is 108 g/mol. The summed E-state index contributed by atoms with van der Waals surface area (Å²) in [5.41, 5.74) is 0. The zero-order valence-corrected chi connectivity index (χ0v) is 4.85. The van der Waals surface area contributed by atoms with Gasteiger partial charge in [0.25, 0.3) is 0 Å². The minimum Gasteiger partial charge on any atom is -0.303 e. The minimum absolute atomic E-state index is 0.266. The second kappa shape index (κ2) is 2.00. The van der Waals surface area contributed by atoms with Crippen LogP contribution in [0.4, 0.5) is 0 Å². The van der Waals surface area contributed by atoms with E-state index < -0.39 is 0 Å². The minimum atomic E-state index is 0.266. The predicted octanol–water partition coefficient (Wildman–Crippen LogP) is 0.845. The zero-order chi connectivity index (χ0) is 5.98. The molecular weight excluding hydrogens is 100 g/mol. The maximum absolute atomic E-state index is 9.98. The molecule has 1 saturated carbocycles. The molecule has 1 nitrogen and oxygen atoms in total. The third-order valence-electron chi connectivity index (χ3n) is 1.34. The lowest BCUT2D eigenvalue weighted by atomic mass is 10.3. The van der Waals surface area contributed by atoms with Crippen molar-refractivity contribution in [3.05, 3.63) is 0 Å².